The minimum atomic E-state index is -1.56. The lowest BCUT2D eigenvalue weighted by molar-refractivity contribution is -0.202. The molecule has 8 nitrogen and oxygen atoms in total. The molecule has 0 unspecified atom stereocenters. The number of hydrogen-bond acceptors (Lipinski definition) is 7. The highest BCUT2D eigenvalue weighted by Crippen LogP contribution is 2.25. The van der Waals surface area contributed by atoms with E-state index in [-0.39, 0.29) is 5.82 Å². The summed E-state index contributed by atoms with van der Waals surface area (Å²) < 4.78 is 25.4. The van der Waals surface area contributed by atoms with Crippen LogP contribution in [0.1, 0.15) is 18.9 Å². The van der Waals surface area contributed by atoms with Crippen molar-refractivity contribution in [2.24, 2.45) is 0 Å². The van der Waals surface area contributed by atoms with Gasteiger partial charge in [0.2, 0.25) is 6.29 Å². The maximum atomic E-state index is 13.2. The molecule has 22 heavy (non-hydrogen) atoms. The molecule has 0 saturated heterocycles. The number of aliphatic hydroxyl groups excluding tert-OH is 2. The van der Waals surface area contributed by atoms with Crippen LogP contribution in [-0.4, -0.2) is 56.9 Å². The molecule has 0 radical (unpaired) electrons. The first-order valence-corrected chi connectivity index (χ1v) is 6.69. The number of nitrogen functional groups attached to an aromatic ring is 1. The van der Waals surface area contributed by atoms with Gasteiger partial charge in [-0.25, -0.2) is 13.9 Å². The van der Waals surface area contributed by atoms with Crippen LogP contribution in [0, 0.1) is 0 Å². The standard InChI is InChI=1S/C13H19FN4O4/c1-7(14)11(20)10(5-19)22-13(21-2)9-4-3-8-12(15)16-6-17-18(8)9/h3-4,6-7,10-11,13,19-20H,5H2,1-2H3,(H2,15,16,17)/t7-,10-,11+,13-/m1/s1. The van der Waals surface area contributed by atoms with Crippen molar-refractivity contribution in [3.8, 4) is 0 Å². The molecule has 0 amide bonds. The first kappa shape index (κ1) is 16.6. The molecule has 4 N–H and O–H groups in total. The van der Waals surface area contributed by atoms with Crippen molar-refractivity contribution in [3.63, 3.8) is 0 Å². The quantitative estimate of drug-likeness (QED) is 0.619. The van der Waals surface area contributed by atoms with Crippen molar-refractivity contribution >= 4 is 11.3 Å². The predicted octanol–water partition coefficient (Wildman–Crippen LogP) is 0.0529. The van der Waals surface area contributed by atoms with Crippen molar-refractivity contribution in [3.05, 3.63) is 24.2 Å². The number of nitrogens with two attached hydrogens (primary N) is 1. The van der Waals surface area contributed by atoms with E-state index in [9.17, 15) is 14.6 Å². The molecule has 9 heteroatoms. The van der Waals surface area contributed by atoms with E-state index in [0.29, 0.717) is 11.2 Å². The average molecular weight is 314 g/mol. The van der Waals surface area contributed by atoms with Crippen LogP contribution in [0.4, 0.5) is 10.2 Å². The largest absolute Gasteiger partial charge is 0.394 e. The van der Waals surface area contributed by atoms with Gasteiger partial charge in [0.05, 0.1) is 12.3 Å². The fourth-order valence-corrected chi connectivity index (χ4v) is 2.08. The fourth-order valence-electron chi connectivity index (χ4n) is 2.08. The van der Waals surface area contributed by atoms with Gasteiger partial charge in [-0.3, -0.25) is 0 Å². The van der Waals surface area contributed by atoms with Gasteiger partial charge in [0.15, 0.2) is 5.82 Å². The fraction of sp³-hybridized carbons (Fsp3) is 0.538. The number of rotatable bonds is 7. The van der Waals surface area contributed by atoms with Crippen LogP contribution in [0.3, 0.4) is 0 Å². The molecule has 0 fully saturated rings. The molecule has 0 bridgehead atoms. The summed E-state index contributed by atoms with van der Waals surface area (Å²) in [6, 6.07) is 3.34. The molecule has 122 valence electrons. The molecule has 0 aromatic carbocycles. The summed E-state index contributed by atoms with van der Waals surface area (Å²) in [4.78, 5) is 3.87. The second kappa shape index (κ2) is 6.97. The van der Waals surface area contributed by atoms with Gasteiger partial charge in [-0.05, 0) is 19.1 Å². The van der Waals surface area contributed by atoms with Crippen LogP contribution < -0.4 is 5.73 Å². The Morgan fingerprint density at radius 2 is 2.18 bits per heavy atom. The second-order valence-corrected chi connectivity index (χ2v) is 4.79. The third-order valence-electron chi connectivity index (χ3n) is 3.30. The van der Waals surface area contributed by atoms with Crippen LogP contribution in [0.15, 0.2) is 18.5 Å². The zero-order chi connectivity index (χ0) is 16.3. The van der Waals surface area contributed by atoms with Crippen molar-refractivity contribution < 1.29 is 24.1 Å². The molecular formula is C13H19FN4O4. The zero-order valence-corrected chi connectivity index (χ0v) is 12.3. The maximum Gasteiger partial charge on any atom is 0.201 e. The summed E-state index contributed by atoms with van der Waals surface area (Å²) >= 11 is 0. The number of methoxy groups -OCH3 is 1. The number of fused-ring (bicyclic) bond motifs is 1. The summed E-state index contributed by atoms with van der Waals surface area (Å²) in [5, 5.41) is 23.1. The second-order valence-electron chi connectivity index (χ2n) is 4.79. The Morgan fingerprint density at radius 1 is 1.45 bits per heavy atom. The summed E-state index contributed by atoms with van der Waals surface area (Å²) in [6.45, 7) is 0.620. The first-order chi connectivity index (χ1) is 10.5. The van der Waals surface area contributed by atoms with Crippen molar-refractivity contribution in [2.75, 3.05) is 19.5 Å². The monoisotopic (exact) mass is 314 g/mol. The molecule has 0 aliphatic heterocycles. The van der Waals surface area contributed by atoms with Gasteiger partial charge in [0, 0.05) is 7.11 Å². The summed E-state index contributed by atoms with van der Waals surface area (Å²) in [5.41, 5.74) is 6.78. The van der Waals surface area contributed by atoms with E-state index in [1.807, 2.05) is 0 Å². The number of aliphatic hydroxyl groups is 2. The minimum Gasteiger partial charge on any atom is -0.394 e. The molecule has 2 aromatic rings. The van der Waals surface area contributed by atoms with E-state index >= 15 is 0 Å². The molecule has 0 saturated carbocycles. The topological polar surface area (TPSA) is 115 Å². The number of anilines is 1. The molecule has 4 atom stereocenters. The summed E-state index contributed by atoms with van der Waals surface area (Å²) in [5.74, 6) is 0.284. The van der Waals surface area contributed by atoms with Crippen molar-refractivity contribution in [1.82, 2.24) is 14.6 Å². The maximum absolute atomic E-state index is 13.2. The molecule has 0 spiro atoms. The molecule has 2 heterocycles. The zero-order valence-electron chi connectivity index (χ0n) is 12.3. The highest BCUT2D eigenvalue weighted by molar-refractivity contribution is 5.65. The van der Waals surface area contributed by atoms with Crippen LogP contribution in [0.25, 0.3) is 5.52 Å². The van der Waals surface area contributed by atoms with E-state index in [4.69, 9.17) is 15.2 Å². The van der Waals surface area contributed by atoms with E-state index in [0.717, 1.165) is 0 Å². The Morgan fingerprint density at radius 3 is 2.77 bits per heavy atom. The summed E-state index contributed by atoms with van der Waals surface area (Å²) in [6.07, 6.45) is -3.87. The average Bonchev–Trinajstić information content (AvgIpc) is 2.93. The van der Waals surface area contributed by atoms with Gasteiger partial charge >= 0.3 is 0 Å². The minimum absolute atomic E-state index is 0.284. The smallest absolute Gasteiger partial charge is 0.201 e. The Bertz CT molecular complexity index is 621. The number of alkyl halides is 1. The van der Waals surface area contributed by atoms with Gasteiger partial charge in [-0.2, -0.15) is 5.10 Å². The van der Waals surface area contributed by atoms with Crippen molar-refractivity contribution in [1.29, 1.82) is 0 Å². The highest BCUT2D eigenvalue weighted by atomic mass is 19.1. The first-order valence-electron chi connectivity index (χ1n) is 6.69. The summed E-state index contributed by atoms with van der Waals surface area (Å²) in [7, 11) is 1.38. The van der Waals surface area contributed by atoms with Crippen LogP contribution >= 0.6 is 0 Å². The van der Waals surface area contributed by atoms with E-state index < -0.39 is 31.3 Å². The molecular weight excluding hydrogens is 295 g/mol. The molecule has 2 rings (SSSR count). The van der Waals surface area contributed by atoms with E-state index in [1.165, 1.54) is 24.9 Å². The lowest BCUT2D eigenvalue weighted by atomic mass is 10.1. The van der Waals surface area contributed by atoms with E-state index in [1.54, 1.807) is 12.1 Å². The Labute approximate surface area is 126 Å². The molecule has 0 aliphatic carbocycles. The van der Waals surface area contributed by atoms with Crippen molar-refractivity contribution in [2.45, 2.75) is 31.6 Å². The van der Waals surface area contributed by atoms with Gasteiger partial charge in [0.1, 0.15) is 30.2 Å². The lowest BCUT2D eigenvalue weighted by Gasteiger charge is -2.26. The van der Waals surface area contributed by atoms with Crippen LogP contribution in [-0.2, 0) is 9.47 Å². The SMILES string of the molecule is CO[C@H](O[C@H](CO)[C@@H](O)[C@@H](C)F)c1ccc2c(N)ncnn12. The van der Waals surface area contributed by atoms with E-state index in [2.05, 4.69) is 10.1 Å². The Balaban J connectivity index is 2.28. The third-order valence-corrected chi connectivity index (χ3v) is 3.30. The van der Waals surface area contributed by atoms with Gasteiger partial charge in [0.25, 0.3) is 0 Å². The normalized spacial score (nSPS) is 17.3. The predicted molar refractivity (Wildman–Crippen MR) is 75.7 cm³/mol. The number of nitrogens with zero attached hydrogens (tertiary/aromatic N) is 3. The Hall–Kier alpha value is -1.81. The number of aromatic nitrogens is 3. The molecule has 0 aliphatic rings. The molecule has 2 aromatic heterocycles. The van der Waals surface area contributed by atoms with Gasteiger partial charge in [-0.15, -0.1) is 0 Å². The van der Waals surface area contributed by atoms with Gasteiger partial charge in [-0.1, -0.05) is 0 Å². The van der Waals surface area contributed by atoms with Crippen LogP contribution in [0.2, 0.25) is 0 Å². The number of ether oxygens (including phenoxy) is 2. The third kappa shape index (κ3) is 3.17. The highest BCUT2D eigenvalue weighted by Gasteiger charge is 2.29. The lowest BCUT2D eigenvalue weighted by Crippen LogP contribution is -2.39. The number of hydrogen-bond donors (Lipinski definition) is 3. The Kier molecular flexibility index (Phi) is 5.24. The van der Waals surface area contributed by atoms with Gasteiger partial charge < -0.3 is 25.4 Å². The number of halogens is 1. The van der Waals surface area contributed by atoms with Crippen LogP contribution in [0.5, 0.6) is 0 Å².